The maximum atomic E-state index is 11.4. The van der Waals surface area contributed by atoms with Crippen LogP contribution in [0.2, 0.25) is 0 Å². The number of nitrogens with zero attached hydrogens (tertiary/aromatic N) is 1. The van der Waals surface area contributed by atoms with Gasteiger partial charge in [-0.25, -0.2) is 4.79 Å². The maximum Gasteiger partial charge on any atom is 0.336 e. The third-order valence-corrected chi connectivity index (χ3v) is 2.59. The van der Waals surface area contributed by atoms with Crippen LogP contribution in [0, 0.1) is 0 Å². The van der Waals surface area contributed by atoms with Crippen LogP contribution in [0.5, 0.6) is 5.75 Å². The fraction of sp³-hybridized carbons (Fsp3) is 0.375. The van der Waals surface area contributed by atoms with E-state index in [-0.39, 0.29) is 13.2 Å². The zero-order chi connectivity index (χ0) is 16.2. The molecule has 0 aliphatic carbocycles. The van der Waals surface area contributed by atoms with Gasteiger partial charge in [0, 0.05) is 23.1 Å². The summed E-state index contributed by atoms with van der Waals surface area (Å²) in [7, 11) is 0. The molecule has 0 saturated heterocycles. The number of fused-ring (bicyclic) bond motifs is 1. The first-order valence-corrected chi connectivity index (χ1v) is 6.91. The Labute approximate surface area is 128 Å². The Morgan fingerprint density at radius 3 is 2.73 bits per heavy atom. The molecule has 0 fully saturated rings. The Hall–Kier alpha value is -2.50. The molecule has 0 atom stereocenters. The Balaban J connectivity index is 1.92. The topological polar surface area (TPSA) is 84.1 Å². The summed E-state index contributed by atoms with van der Waals surface area (Å²) in [6.45, 7) is 5.74. The maximum absolute atomic E-state index is 11.4. The number of benzene rings is 1. The van der Waals surface area contributed by atoms with Gasteiger partial charge in [-0.15, -0.1) is 0 Å². The summed E-state index contributed by atoms with van der Waals surface area (Å²) in [6, 6.07) is 8.23. The van der Waals surface area contributed by atoms with Crippen molar-refractivity contribution in [3.8, 4) is 5.75 Å². The molecule has 0 spiro atoms. The van der Waals surface area contributed by atoms with Crippen LogP contribution in [0.25, 0.3) is 11.0 Å². The van der Waals surface area contributed by atoms with Crippen molar-refractivity contribution in [2.45, 2.75) is 26.4 Å². The van der Waals surface area contributed by atoms with Gasteiger partial charge in [0.2, 0.25) is 0 Å². The molecule has 0 radical (unpaired) electrons. The molecule has 0 aliphatic heterocycles. The molecule has 0 unspecified atom stereocenters. The molecule has 0 aliphatic rings. The van der Waals surface area contributed by atoms with Crippen molar-refractivity contribution in [1.82, 2.24) is 0 Å². The van der Waals surface area contributed by atoms with Gasteiger partial charge < -0.3 is 19.0 Å². The second kappa shape index (κ2) is 6.51. The van der Waals surface area contributed by atoms with Crippen LogP contribution in [0.4, 0.5) is 0 Å². The Morgan fingerprint density at radius 2 is 2.00 bits per heavy atom. The molecule has 118 valence electrons. The molecular formula is C16H18NO5-. The van der Waals surface area contributed by atoms with Gasteiger partial charge in [-0.05, 0) is 18.2 Å². The van der Waals surface area contributed by atoms with Gasteiger partial charge in [0.15, 0.2) is 0 Å². The van der Waals surface area contributed by atoms with Crippen molar-refractivity contribution in [3.63, 3.8) is 0 Å². The molecule has 0 saturated carbocycles. The summed E-state index contributed by atoms with van der Waals surface area (Å²) in [5.74, 6) is 0.543. The second-order valence-electron chi connectivity index (χ2n) is 5.66. The van der Waals surface area contributed by atoms with Crippen LogP contribution < -0.4 is 15.5 Å². The summed E-state index contributed by atoms with van der Waals surface area (Å²) < 4.78 is 15.6. The van der Waals surface area contributed by atoms with Crippen molar-refractivity contribution >= 4 is 17.1 Å². The van der Waals surface area contributed by atoms with Crippen LogP contribution in [0.15, 0.2) is 44.5 Å². The molecule has 22 heavy (non-hydrogen) atoms. The van der Waals surface area contributed by atoms with Crippen LogP contribution in [-0.4, -0.2) is 24.8 Å². The number of hydrogen-bond donors (Lipinski definition) is 0. The van der Waals surface area contributed by atoms with E-state index in [1.807, 2.05) is 0 Å². The quantitative estimate of drug-likeness (QED) is 0.371. The fourth-order valence-corrected chi connectivity index (χ4v) is 1.73. The second-order valence-corrected chi connectivity index (χ2v) is 5.66. The Kier molecular flexibility index (Phi) is 4.70. The average molecular weight is 304 g/mol. The van der Waals surface area contributed by atoms with Crippen molar-refractivity contribution in [2.75, 3.05) is 13.2 Å². The molecule has 1 aromatic carbocycles. The van der Waals surface area contributed by atoms with Crippen LogP contribution in [-0.2, 0) is 4.74 Å². The van der Waals surface area contributed by atoms with E-state index in [0.717, 1.165) is 5.39 Å². The molecule has 1 heterocycles. The molecule has 0 bridgehead atoms. The minimum Gasteiger partial charge on any atom is -0.595 e. The minimum absolute atomic E-state index is 0.186. The minimum atomic E-state index is -0.611. The lowest BCUT2D eigenvalue weighted by Gasteiger charge is -2.29. The number of hydrogen-bond acceptors (Lipinski definition) is 6. The zero-order valence-electron chi connectivity index (χ0n) is 12.8. The highest BCUT2D eigenvalue weighted by molar-refractivity contribution is 5.77. The van der Waals surface area contributed by atoms with E-state index in [0.29, 0.717) is 11.3 Å². The monoisotopic (exact) mass is 304 g/mol. The van der Waals surface area contributed by atoms with E-state index in [4.69, 9.17) is 13.9 Å². The van der Waals surface area contributed by atoms with Crippen LogP contribution in [0.1, 0.15) is 20.8 Å². The Bertz CT molecular complexity index is 727. The SMILES string of the molecule is CC(C)(C)OC([O-])=NCCOc1ccc2ccc(=O)oc2c1. The smallest absolute Gasteiger partial charge is 0.336 e. The van der Waals surface area contributed by atoms with Gasteiger partial charge in [-0.3, -0.25) is 4.99 Å². The number of rotatable bonds is 4. The van der Waals surface area contributed by atoms with Crippen molar-refractivity contribution in [1.29, 1.82) is 0 Å². The highest BCUT2D eigenvalue weighted by Crippen LogP contribution is 2.19. The van der Waals surface area contributed by atoms with E-state index in [9.17, 15) is 9.90 Å². The zero-order valence-corrected chi connectivity index (χ0v) is 12.8. The first-order chi connectivity index (χ1) is 10.3. The van der Waals surface area contributed by atoms with E-state index < -0.39 is 17.3 Å². The van der Waals surface area contributed by atoms with Gasteiger partial charge in [-0.1, -0.05) is 20.8 Å². The molecule has 0 N–H and O–H groups in total. The molecule has 6 heteroatoms. The highest BCUT2D eigenvalue weighted by atomic mass is 16.6. The highest BCUT2D eigenvalue weighted by Gasteiger charge is 2.04. The Morgan fingerprint density at radius 1 is 1.27 bits per heavy atom. The molecule has 2 rings (SSSR count). The largest absolute Gasteiger partial charge is 0.595 e. The van der Waals surface area contributed by atoms with Crippen molar-refractivity contribution in [3.05, 3.63) is 40.8 Å². The third kappa shape index (κ3) is 4.80. The van der Waals surface area contributed by atoms with Gasteiger partial charge >= 0.3 is 5.63 Å². The predicted octanol–water partition coefficient (Wildman–Crippen LogP) is 1.70. The van der Waals surface area contributed by atoms with E-state index in [2.05, 4.69) is 4.99 Å². The van der Waals surface area contributed by atoms with Crippen LogP contribution in [0.3, 0.4) is 0 Å². The lowest BCUT2D eigenvalue weighted by Crippen LogP contribution is -2.32. The molecule has 2 aromatic rings. The molecular weight excluding hydrogens is 286 g/mol. The first kappa shape index (κ1) is 15.9. The van der Waals surface area contributed by atoms with Crippen molar-refractivity contribution in [2.24, 2.45) is 4.99 Å². The summed E-state index contributed by atoms with van der Waals surface area (Å²) in [6.07, 6.45) is -0.611. The fourth-order valence-electron chi connectivity index (χ4n) is 1.73. The number of aliphatic imine (C=N–C) groups is 1. The molecule has 1 aromatic heterocycles. The molecule has 6 nitrogen and oxygen atoms in total. The van der Waals surface area contributed by atoms with Gasteiger partial charge in [0.25, 0.3) is 0 Å². The molecule has 0 amide bonds. The first-order valence-electron chi connectivity index (χ1n) is 6.91. The van der Waals surface area contributed by atoms with E-state index in [1.54, 1.807) is 45.0 Å². The summed E-state index contributed by atoms with van der Waals surface area (Å²) >= 11 is 0. The summed E-state index contributed by atoms with van der Waals surface area (Å²) in [4.78, 5) is 14.9. The number of ether oxygens (including phenoxy) is 2. The lowest BCUT2D eigenvalue weighted by atomic mass is 10.2. The predicted molar refractivity (Wildman–Crippen MR) is 81.1 cm³/mol. The summed E-state index contributed by atoms with van der Waals surface area (Å²) in [5, 5.41) is 12.2. The van der Waals surface area contributed by atoms with E-state index in [1.165, 1.54) is 6.07 Å². The normalized spacial score (nSPS) is 12.4. The third-order valence-electron chi connectivity index (χ3n) is 2.59. The van der Waals surface area contributed by atoms with Gasteiger partial charge in [0.1, 0.15) is 24.0 Å². The average Bonchev–Trinajstić information content (AvgIpc) is 2.41. The lowest BCUT2D eigenvalue weighted by molar-refractivity contribution is -0.260. The van der Waals surface area contributed by atoms with Crippen molar-refractivity contribution < 1.29 is 19.0 Å². The van der Waals surface area contributed by atoms with Crippen LogP contribution >= 0.6 is 0 Å². The summed E-state index contributed by atoms with van der Waals surface area (Å²) in [5.41, 5.74) is -0.518. The van der Waals surface area contributed by atoms with E-state index >= 15 is 0 Å². The van der Waals surface area contributed by atoms with Gasteiger partial charge in [-0.2, -0.15) is 0 Å². The van der Waals surface area contributed by atoms with Gasteiger partial charge in [0.05, 0.1) is 6.54 Å². The standard InChI is InChI=1S/C16H19NO5/c1-16(2,3)22-15(19)17-8-9-20-12-6-4-11-5-7-14(18)21-13(11)10-12/h4-7,10H,8-9H2,1-3H3,(H,17,19)/p-1.